The highest BCUT2D eigenvalue weighted by Gasteiger charge is 2.28. The Morgan fingerprint density at radius 2 is 1.75 bits per heavy atom. The molecule has 1 aromatic heterocycles. The van der Waals surface area contributed by atoms with E-state index in [-0.39, 0.29) is 11.9 Å². The van der Waals surface area contributed by atoms with Gasteiger partial charge in [0.05, 0.1) is 19.7 Å². The third-order valence-electron chi connectivity index (χ3n) is 6.10. The average Bonchev–Trinajstić information content (AvgIpc) is 3.28. The number of benzene rings is 2. The fourth-order valence-electron chi connectivity index (χ4n) is 4.38. The van der Waals surface area contributed by atoms with E-state index < -0.39 is 0 Å². The van der Waals surface area contributed by atoms with Crippen molar-refractivity contribution in [3.63, 3.8) is 0 Å². The molecule has 1 aliphatic rings. The zero-order valence-corrected chi connectivity index (χ0v) is 18.8. The summed E-state index contributed by atoms with van der Waals surface area (Å²) in [5.41, 5.74) is 2.20. The minimum absolute atomic E-state index is 0.170. The number of piperazine rings is 1. The summed E-state index contributed by atoms with van der Waals surface area (Å²) in [6.07, 6.45) is 2.05. The number of nitrogens with zero attached hydrogens (tertiary/aromatic N) is 6. The van der Waals surface area contributed by atoms with Crippen molar-refractivity contribution >= 4 is 0 Å². The van der Waals surface area contributed by atoms with Crippen LogP contribution in [-0.2, 0) is 13.1 Å². The zero-order chi connectivity index (χ0) is 22.3. The van der Waals surface area contributed by atoms with Crippen LogP contribution in [0.15, 0.2) is 48.5 Å². The lowest BCUT2D eigenvalue weighted by Crippen LogP contribution is -2.47. The lowest BCUT2D eigenvalue weighted by molar-refractivity contribution is 0.0816. The summed E-state index contributed by atoms with van der Waals surface area (Å²) in [6.45, 7) is 7.51. The first kappa shape index (κ1) is 22.4. The smallest absolute Gasteiger partial charge is 0.168 e. The van der Waals surface area contributed by atoms with Crippen LogP contribution in [0.1, 0.15) is 42.8 Å². The van der Waals surface area contributed by atoms with Crippen molar-refractivity contribution in [3.05, 3.63) is 71.3 Å². The fraction of sp³-hybridized carbons (Fsp3) is 0.458. The van der Waals surface area contributed by atoms with Gasteiger partial charge in [0.15, 0.2) is 5.82 Å². The first-order valence-electron chi connectivity index (χ1n) is 11.3. The summed E-state index contributed by atoms with van der Waals surface area (Å²) in [5, 5.41) is 12.6. The van der Waals surface area contributed by atoms with Gasteiger partial charge in [-0.15, -0.1) is 5.10 Å². The standard InChI is InChI=1S/C24H31FN6O/c1-3-6-22(24-26-27-28-31(24)17-19-9-11-21(25)12-10-19)30-15-13-29(14-16-30)18-20-7-4-5-8-23(20)32-2/h4-5,7-12,22H,3,6,13-18H2,1-2H3/t22-/m1/s1. The van der Waals surface area contributed by atoms with E-state index >= 15 is 0 Å². The second-order valence-electron chi connectivity index (χ2n) is 8.25. The van der Waals surface area contributed by atoms with E-state index in [2.05, 4.69) is 44.4 Å². The Morgan fingerprint density at radius 1 is 1.00 bits per heavy atom. The molecule has 1 atom stereocenters. The van der Waals surface area contributed by atoms with Crippen molar-refractivity contribution in [1.82, 2.24) is 30.0 Å². The summed E-state index contributed by atoms with van der Waals surface area (Å²) in [5.74, 6) is 1.59. The quantitative estimate of drug-likeness (QED) is 0.509. The third-order valence-corrected chi connectivity index (χ3v) is 6.10. The maximum atomic E-state index is 13.3. The highest BCUT2D eigenvalue weighted by Crippen LogP contribution is 2.27. The molecule has 0 bridgehead atoms. The Kier molecular flexibility index (Phi) is 7.44. The number of rotatable bonds is 9. The lowest BCUT2D eigenvalue weighted by atomic mass is 10.1. The van der Waals surface area contributed by atoms with Crippen LogP contribution in [0.25, 0.3) is 0 Å². The minimum atomic E-state index is -0.236. The molecule has 1 saturated heterocycles. The molecular weight excluding hydrogens is 407 g/mol. The molecule has 0 unspecified atom stereocenters. The second-order valence-corrected chi connectivity index (χ2v) is 8.25. The molecule has 0 saturated carbocycles. The molecule has 4 rings (SSSR count). The average molecular weight is 439 g/mol. The number of halogens is 1. The van der Waals surface area contributed by atoms with Gasteiger partial charge in [-0.2, -0.15) is 0 Å². The molecule has 0 radical (unpaired) electrons. The van der Waals surface area contributed by atoms with Crippen LogP contribution in [0.5, 0.6) is 5.75 Å². The summed E-state index contributed by atoms with van der Waals surface area (Å²) >= 11 is 0. The number of aromatic nitrogens is 4. The van der Waals surface area contributed by atoms with Gasteiger partial charge in [0.25, 0.3) is 0 Å². The number of methoxy groups -OCH3 is 1. The number of tetrazole rings is 1. The Bertz CT molecular complexity index is 984. The maximum Gasteiger partial charge on any atom is 0.168 e. The first-order valence-corrected chi connectivity index (χ1v) is 11.3. The highest BCUT2D eigenvalue weighted by atomic mass is 19.1. The molecule has 0 aliphatic carbocycles. The van der Waals surface area contributed by atoms with Gasteiger partial charge in [0.1, 0.15) is 11.6 Å². The van der Waals surface area contributed by atoms with Crippen molar-refractivity contribution in [2.75, 3.05) is 33.3 Å². The molecule has 3 aromatic rings. The van der Waals surface area contributed by atoms with Crippen LogP contribution >= 0.6 is 0 Å². The summed E-state index contributed by atoms with van der Waals surface area (Å²) in [4.78, 5) is 4.97. The second kappa shape index (κ2) is 10.7. The molecule has 0 amide bonds. The molecular formula is C24H31FN6O. The maximum absolute atomic E-state index is 13.3. The first-order chi connectivity index (χ1) is 15.7. The van der Waals surface area contributed by atoms with Gasteiger partial charge in [-0.05, 0) is 40.6 Å². The molecule has 170 valence electrons. The van der Waals surface area contributed by atoms with Crippen molar-refractivity contribution in [1.29, 1.82) is 0 Å². The van der Waals surface area contributed by atoms with E-state index in [0.29, 0.717) is 6.54 Å². The van der Waals surface area contributed by atoms with Gasteiger partial charge < -0.3 is 4.74 Å². The number of hydrogen-bond acceptors (Lipinski definition) is 6. The summed E-state index contributed by atoms with van der Waals surface area (Å²) < 4.78 is 20.6. The Hall–Kier alpha value is -2.84. The summed E-state index contributed by atoms with van der Waals surface area (Å²) in [6, 6.07) is 14.9. The van der Waals surface area contributed by atoms with Crippen LogP contribution in [0.3, 0.4) is 0 Å². The van der Waals surface area contributed by atoms with Gasteiger partial charge in [0.2, 0.25) is 0 Å². The van der Waals surface area contributed by atoms with Crippen molar-refractivity contribution in [2.24, 2.45) is 0 Å². The minimum Gasteiger partial charge on any atom is -0.496 e. The van der Waals surface area contributed by atoms with Crippen LogP contribution in [-0.4, -0.2) is 63.3 Å². The monoisotopic (exact) mass is 438 g/mol. The van der Waals surface area contributed by atoms with Gasteiger partial charge in [-0.1, -0.05) is 43.7 Å². The van der Waals surface area contributed by atoms with Crippen LogP contribution in [0, 0.1) is 5.82 Å². The van der Waals surface area contributed by atoms with E-state index in [1.54, 1.807) is 19.2 Å². The molecule has 2 heterocycles. The number of ether oxygens (including phenoxy) is 1. The van der Waals surface area contributed by atoms with E-state index in [9.17, 15) is 4.39 Å². The van der Waals surface area contributed by atoms with Crippen molar-refractivity contribution in [3.8, 4) is 5.75 Å². The molecule has 32 heavy (non-hydrogen) atoms. The Morgan fingerprint density at radius 3 is 2.47 bits per heavy atom. The van der Waals surface area contributed by atoms with Gasteiger partial charge in [0, 0.05) is 38.3 Å². The van der Waals surface area contributed by atoms with E-state index in [4.69, 9.17) is 4.74 Å². The fourth-order valence-corrected chi connectivity index (χ4v) is 4.38. The molecule has 0 spiro atoms. The Labute approximate surface area is 188 Å². The zero-order valence-electron chi connectivity index (χ0n) is 18.8. The lowest BCUT2D eigenvalue weighted by Gasteiger charge is -2.38. The summed E-state index contributed by atoms with van der Waals surface area (Å²) in [7, 11) is 1.72. The van der Waals surface area contributed by atoms with Crippen LogP contribution in [0.2, 0.25) is 0 Å². The molecule has 1 fully saturated rings. The SMILES string of the molecule is CCC[C@H](c1nnnn1Cc1ccc(F)cc1)N1CCN(Cc2ccccc2OC)CC1. The van der Waals surface area contributed by atoms with E-state index in [0.717, 1.165) is 62.7 Å². The molecule has 2 aromatic carbocycles. The molecule has 8 heteroatoms. The van der Waals surface area contributed by atoms with Crippen LogP contribution < -0.4 is 4.74 Å². The molecule has 1 aliphatic heterocycles. The van der Waals surface area contributed by atoms with E-state index in [1.807, 2.05) is 16.8 Å². The topological polar surface area (TPSA) is 59.3 Å². The van der Waals surface area contributed by atoms with Gasteiger partial charge >= 0.3 is 0 Å². The molecule has 7 nitrogen and oxygen atoms in total. The Balaban J connectivity index is 1.42. The number of para-hydroxylation sites is 1. The molecule has 0 N–H and O–H groups in total. The normalized spacial score (nSPS) is 16.2. The predicted octanol–water partition coefficient (Wildman–Crippen LogP) is 3.53. The van der Waals surface area contributed by atoms with Gasteiger partial charge in [-0.3, -0.25) is 9.80 Å². The van der Waals surface area contributed by atoms with Crippen LogP contribution in [0.4, 0.5) is 4.39 Å². The van der Waals surface area contributed by atoms with Gasteiger partial charge in [-0.25, -0.2) is 9.07 Å². The van der Waals surface area contributed by atoms with Crippen molar-refractivity contribution < 1.29 is 9.13 Å². The highest BCUT2D eigenvalue weighted by molar-refractivity contribution is 5.33. The van der Waals surface area contributed by atoms with E-state index in [1.165, 1.54) is 17.7 Å². The largest absolute Gasteiger partial charge is 0.496 e. The third kappa shape index (κ3) is 5.31. The number of hydrogen-bond donors (Lipinski definition) is 0. The predicted molar refractivity (Wildman–Crippen MR) is 121 cm³/mol. The van der Waals surface area contributed by atoms with Crippen molar-refractivity contribution in [2.45, 2.75) is 38.9 Å².